The minimum atomic E-state index is -0.762. The molecule has 0 aliphatic rings. The van der Waals surface area contributed by atoms with Crippen molar-refractivity contribution in [2.45, 2.75) is 26.5 Å². The first-order chi connectivity index (χ1) is 17.4. The molecule has 2 heterocycles. The van der Waals surface area contributed by atoms with Crippen molar-refractivity contribution < 1.29 is 27.9 Å². The smallest absolute Gasteiger partial charge is 0.287 e. The van der Waals surface area contributed by atoms with Gasteiger partial charge in [0.05, 0.1) is 13.4 Å². The highest BCUT2D eigenvalue weighted by molar-refractivity contribution is 6.00. The number of ether oxygens (including phenoxy) is 2. The van der Waals surface area contributed by atoms with Gasteiger partial charge < -0.3 is 28.9 Å². The van der Waals surface area contributed by atoms with E-state index in [1.165, 1.54) is 12.3 Å². The van der Waals surface area contributed by atoms with Crippen LogP contribution in [0.4, 0.5) is 5.69 Å². The number of hydrogen-bond acceptors (Lipinski definition) is 8. The Balaban J connectivity index is 1.35. The van der Waals surface area contributed by atoms with Gasteiger partial charge in [-0.15, -0.1) is 10.2 Å². The molecular weight excluding hydrogens is 464 g/mol. The molecule has 2 amide bonds. The van der Waals surface area contributed by atoms with Gasteiger partial charge in [-0.3, -0.25) is 9.59 Å². The molecular formula is C26H26N4O6. The molecule has 2 aromatic carbocycles. The summed E-state index contributed by atoms with van der Waals surface area (Å²) in [5, 5.41) is 13.6. The number of carbonyl (C=O) groups excluding carboxylic acids is 2. The largest absolute Gasteiger partial charge is 0.497 e. The fraction of sp³-hybridized carbons (Fsp3) is 0.231. The molecule has 4 aromatic rings. The van der Waals surface area contributed by atoms with E-state index in [0.717, 1.165) is 11.3 Å². The van der Waals surface area contributed by atoms with Crippen LogP contribution < -0.4 is 20.1 Å². The van der Waals surface area contributed by atoms with E-state index >= 15 is 0 Å². The van der Waals surface area contributed by atoms with Crippen LogP contribution >= 0.6 is 0 Å². The quantitative estimate of drug-likeness (QED) is 0.336. The van der Waals surface area contributed by atoms with Crippen LogP contribution in [0.3, 0.4) is 0 Å². The Morgan fingerprint density at radius 3 is 2.50 bits per heavy atom. The van der Waals surface area contributed by atoms with E-state index in [1.807, 2.05) is 38.1 Å². The molecule has 0 radical (unpaired) electrons. The van der Waals surface area contributed by atoms with E-state index in [4.69, 9.17) is 18.3 Å². The standard InChI is InChI=1S/C26H26N4O6/c1-16(2)23(28-24(31)21-8-5-13-34-21)25(32)27-18-6-4-7-20(14-18)35-15-22-29-30-26(36-22)17-9-11-19(33-3)12-10-17/h4-14,16,23H,15H2,1-3H3,(H,27,32)(H,28,31)/t23-/m0/s1. The number of benzene rings is 2. The van der Waals surface area contributed by atoms with Gasteiger partial charge in [0.1, 0.15) is 17.5 Å². The van der Waals surface area contributed by atoms with Gasteiger partial charge in [-0.25, -0.2) is 0 Å². The summed E-state index contributed by atoms with van der Waals surface area (Å²) in [6.07, 6.45) is 1.40. The summed E-state index contributed by atoms with van der Waals surface area (Å²) >= 11 is 0. The summed E-state index contributed by atoms with van der Waals surface area (Å²) in [5.41, 5.74) is 1.28. The number of amides is 2. The van der Waals surface area contributed by atoms with E-state index < -0.39 is 11.9 Å². The van der Waals surface area contributed by atoms with Gasteiger partial charge in [-0.2, -0.15) is 0 Å². The zero-order chi connectivity index (χ0) is 25.5. The Bertz CT molecular complexity index is 1300. The normalized spacial score (nSPS) is 11.7. The van der Waals surface area contributed by atoms with E-state index in [1.54, 1.807) is 37.4 Å². The van der Waals surface area contributed by atoms with Gasteiger partial charge in [0, 0.05) is 17.3 Å². The van der Waals surface area contributed by atoms with Gasteiger partial charge in [-0.05, 0) is 54.4 Å². The number of hydrogen-bond donors (Lipinski definition) is 2. The van der Waals surface area contributed by atoms with Gasteiger partial charge in [-0.1, -0.05) is 19.9 Å². The molecule has 0 saturated carbocycles. The number of methoxy groups -OCH3 is 1. The maximum absolute atomic E-state index is 12.9. The molecule has 4 rings (SSSR count). The predicted molar refractivity (Wildman–Crippen MR) is 130 cm³/mol. The first-order valence-electron chi connectivity index (χ1n) is 11.3. The number of rotatable bonds is 10. The Labute approximate surface area is 207 Å². The first kappa shape index (κ1) is 24.5. The van der Waals surface area contributed by atoms with Crippen LogP contribution in [0.15, 0.2) is 75.8 Å². The molecule has 1 atom stereocenters. The minimum Gasteiger partial charge on any atom is -0.497 e. The summed E-state index contributed by atoms with van der Waals surface area (Å²) in [4.78, 5) is 25.2. The summed E-state index contributed by atoms with van der Waals surface area (Å²) in [5.74, 6) is 1.07. The third-order valence-electron chi connectivity index (χ3n) is 5.25. The molecule has 0 aliphatic carbocycles. The molecule has 186 valence electrons. The van der Waals surface area contributed by atoms with Crippen LogP contribution in [-0.4, -0.2) is 35.2 Å². The maximum Gasteiger partial charge on any atom is 0.287 e. The first-order valence-corrected chi connectivity index (χ1v) is 11.3. The van der Waals surface area contributed by atoms with E-state index in [9.17, 15) is 9.59 Å². The fourth-order valence-electron chi connectivity index (χ4n) is 3.35. The average molecular weight is 491 g/mol. The molecule has 0 bridgehead atoms. The number of anilines is 1. The molecule has 0 saturated heterocycles. The summed E-state index contributed by atoms with van der Waals surface area (Å²) in [7, 11) is 1.60. The highest BCUT2D eigenvalue weighted by atomic mass is 16.5. The lowest BCUT2D eigenvalue weighted by Crippen LogP contribution is -2.47. The van der Waals surface area contributed by atoms with Crippen LogP contribution in [0.1, 0.15) is 30.3 Å². The fourth-order valence-corrected chi connectivity index (χ4v) is 3.35. The lowest BCUT2D eigenvalue weighted by Gasteiger charge is -2.21. The van der Waals surface area contributed by atoms with Crippen LogP contribution in [0.25, 0.3) is 11.5 Å². The van der Waals surface area contributed by atoms with Crippen LogP contribution in [-0.2, 0) is 11.4 Å². The molecule has 0 spiro atoms. The summed E-state index contributed by atoms with van der Waals surface area (Å²) in [6.45, 7) is 3.74. The molecule has 10 heteroatoms. The SMILES string of the molecule is COc1ccc(-c2nnc(COc3cccc(NC(=O)[C@@H](NC(=O)c4ccco4)C(C)C)c3)o2)cc1. The van der Waals surface area contributed by atoms with E-state index in [-0.39, 0.29) is 24.2 Å². The highest BCUT2D eigenvalue weighted by Gasteiger charge is 2.25. The molecule has 36 heavy (non-hydrogen) atoms. The van der Waals surface area contributed by atoms with Crippen molar-refractivity contribution in [3.8, 4) is 23.0 Å². The monoisotopic (exact) mass is 490 g/mol. The molecule has 0 fully saturated rings. The lowest BCUT2D eigenvalue weighted by molar-refractivity contribution is -0.118. The Hall–Kier alpha value is -4.60. The molecule has 0 aliphatic heterocycles. The van der Waals surface area contributed by atoms with Crippen molar-refractivity contribution in [3.05, 3.63) is 78.6 Å². The lowest BCUT2D eigenvalue weighted by atomic mass is 10.0. The van der Waals surface area contributed by atoms with Gasteiger partial charge in [0.25, 0.3) is 11.8 Å². The second-order valence-corrected chi connectivity index (χ2v) is 8.21. The van der Waals surface area contributed by atoms with E-state index in [0.29, 0.717) is 23.2 Å². The molecule has 0 unspecified atom stereocenters. The second-order valence-electron chi connectivity index (χ2n) is 8.21. The summed E-state index contributed by atoms with van der Waals surface area (Å²) in [6, 6.07) is 16.5. The number of furan rings is 1. The average Bonchev–Trinajstić information content (AvgIpc) is 3.59. The van der Waals surface area contributed by atoms with Crippen molar-refractivity contribution in [1.29, 1.82) is 0 Å². The third-order valence-corrected chi connectivity index (χ3v) is 5.25. The zero-order valence-electron chi connectivity index (χ0n) is 20.1. The number of nitrogens with one attached hydrogen (secondary N) is 2. The molecule has 2 aromatic heterocycles. The number of aromatic nitrogens is 2. The highest BCUT2D eigenvalue weighted by Crippen LogP contribution is 2.23. The minimum absolute atomic E-state index is 0.0500. The van der Waals surface area contributed by atoms with Gasteiger partial charge >= 0.3 is 0 Å². The maximum atomic E-state index is 12.9. The van der Waals surface area contributed by atoms with Gasteiger partial charge in [0.2, 0.25) is 11.8 Å². The van der Waals surface area contributed by atoms with Crippen LogP contribution in [0.5, 0.6) is 11.5 Å². The number of carbonyl (C=O) groups is 2. The summed E-state index contributed by atoms with van der Waals surface area (Å²) < 4.78 is 21.7. The van der Waals surface area contributed by atoms with Crippen molar-refractivity contribution in [3.63, 3.8) is 0 Å². The zero-order valence-corrected chi connectivity index (χ0v) is 20.1. The topological polar surface area (TPSA) is 129 Å². The van der Waals surface area contributed by atoms with Gasteiger partial charge in [0.15, 0.2) is 12.4 Å². The second kappa shape index (κ2) is 11.2. The number of nitrogens with zero attached hydrogens (tertiary/aromatic N) is 2. The Kier molecular flexibility index (Phi) is 7.64. The van der Waals surface area contributed by atoms with Crippen molar-refractivity contribution in [2.75, 3.05) is 12.4 Å². The Morgan fingerprint density at radius 1 is 1.00 bits per heavy atom. The van der Waals surface area contributed by atoms with Crippen LogP contribution in [0.2, 0.25) is 0 Å². The van der Waals surface area contributed by atoms with Crippen molar-refractivity contribution in [1.82, 2.24) is 15.5 Å². The van der Waals surface area contributed by atoms with Crippen molar-refractivity contribution >= 4 is 17.5 Å². The molecule has 2 N–H and O–H groups in total. The Morgan fingerprint density at radius 2 is 1.81 bits per heavy atom. The van der Waals surface area contributed by atoms with Crippen molar-refractivity contribution in [2.24, 2.45) is 5.92 Å². The van der Waals surface area contributed by atoms with Crippen LogP contribution in [0, 0.1) is 5.92 Å². The molecule has 10 nitrogen and oxygen atoms in total. The predicted octanol–water partition coefficient (Wildman–Crippen LogP) is 4.31. The third kappa shape index (κ3) is 6.09. The van der Waals surface area contributed by atoms with E-state index in [2.05, 4.69) is 20.8 Å².